The lowest BCUT2D eigenvalue weighted by atomic mass is 9.76. The summed E-state index contributed by atoms with van der Waals surface area (Å²) in [5.41, 5.74) is 2.58. The minimum Gasteiger partial charge on any atom is -0.432 e. The third-order valence-corrected chi connectivity index (χ3v) is 15.4. The maximum atomic E-state index is 10.8. The molecule has 2 N–H and O–H groups in total. The minimum atomic E-state index is -2.28. The molecule has 0 saturated heterocycles. The molecule has 0 spiro atoms. The van der Waals surface area contributed by atoms with Gasteiger partial charge in [0, 0.05) is 15.0 Å². The van der Waals surface area contributed by atoms with Crippen LogP contribution < -0.4 is 0 Å². The van der Waals surface area contributed by atoms with E-state index in [0.717, 1.165) is 25.4 Å². The van der Waals surface area contributed by atoms with Crippen molar-refractivity contribution in [1.29, 1.82) is 0 Å². The van der Waals surface area contributed by atoms with Crippen molar-refractivity contribution in [3.63, 3.8) is 0 Å². The van der Waals surface area contributed by atoms with Gasteiger partial charge in [-0.05, 0) is 67.0 Å². The quantitative estimate of drug-likeness (QED) is 0.286. The van der Waals surface area contributed by atoms with Crippen molar-refractivity contribution in [2.75, 3.05) is 6.16 Å². The normalized spacial score (nSPS) is 25.0. The van der Waals surface area contributed by atoms with E-state index < -0.39 is 16.6 Å². The molecular weight excluding hydrogens is 387 g/mol. The average molecular weight is 431 g/mol. The van der Waals surface area contributed by atoms with Gasteiger partial charge in [-0.15, -0.1) is 0 Å². The SMILES string of the molecule is C=C1[C@H](CC(C)(C)[Si](C)(C)O)C/C(=C\CPO)C[C@H]1O[Si](C)(C)C(C)(C)C. The van der Waals surface area contributed by atoms with Gasteiger partial charge in [0.05, 0.1) is 6.10 Å². The second-order valence-corrected chi connectivity index (χ2v) is 20.9. The molecule has 1 saturated carbocycles. The van der Waals surface area contributed by atoms with Crippen LogP contribution in [0, 0.1) is 5.92 Å². The topological polar surface area (TPSA) is 49.7 Å². The first-order valence-corrected chi connectivity index (χ1v) is 17.2. The van der Waals surface area contributed by atoms with Crippen molar-refractivity contribution in [3.8, 4) is 0 Å². The largest absolute Gasteiger partial charge is 0.432 e. The Bertz CT molecular complexity index is 515. The Kier molecular flexibility index (Phi) is 8.36. The number of hydrogen-bond donors (Lipinski definition) is 2. The third-order valence-electron chi connectivity index (χ3n) is 7.03. The molecule has 158 valence electrons. The van der Waals surface area contributed by atoms with Crippen LogP contribution in [0.2, 0.25) is 36.3 Å². The van der Waals surface area contributed by atoms with Gasteiger partial charge in [0.2, 0.25) is 0 Å². The Balaban J connectivity index is 3.12. The second kappa shape index (κ2) is 8.93. The number of hydrogen-bond acceptors (Lipinski definition) is 3. The lowest BCUT2D eigenvalue weighted by Gasteiger charge is -2.45. The van der Waals surface area contributed by atoms with Crippen LogP contribution in [0.1, 0.15) is 53.9 Å². The fraction of sp³-hybridized carbons (Fsp3) is 0.810. The predicted octanol–water partition coefficient (Wildman–Crippen LogP) is 6.22. The molecule has 1 aliphatic carbocycles. The molecule has 1 aliphatic rings. The van der Waals surface area contributed by atoms with E-state index in [4.69, 9.17) is 4.43 Å². The Labute approximate surface area is 171 Å². The number of rotatable bonds is 7. The van der Waals surface area contributed by atoms with Gasteiger partial charge >= 0.3 is 0 Å². The highest BCUT2D eigenvalue weighted by atomic mass is 31.1. The third kappa shape index (κ3) is 6.62. The standard InChI is InChI=1S/C21H43O3PSi2/c1-16-18(15-21(5,6)26(7,8)23)13-17(11-12-25-22)14-19(16)24-27(9,10)20(2,3)4/h11,18-19,22-23,25H,1,12-15H2,2-10H3/b17-11+/t18-,19+/m0/s1. The predicted molar refractivity (Wildman–Crippen MR) is 126 cm³/mol. The van der Waals surface area contributed by atoms with Crippen molar-refractivity contribution in [2.45, 2.75) is 96.2 Å². The first kappa shape index (κ1) is 25.3. The minimum absolute atomic E-state index is 0.0425. The zero-order valence-electron chi connectivity index (χ0n) is 19.1. The summed E-state index contributed by atoms with van der Waals surface area (Å²) >= 11 is 0. The number of allylic oxidation sites excluding steroid dienone is 1. The van der Waals surface area contributed by atoms with Gasteiger partial charge < -0.3 is 14.1 Å². The fourth-order valence-corrected chi connectivity index (χ4v) is 5.66. The van der Waals surface area contributed by atoms with Gasteiger partial charge in [-0.2, -0.15) is 0 Å². The molecule has 27 heavy (non-hydrogen) atoms. The van der Waals surface area contributed by atoms with Crippen molar-refractivity contribution in [2.24, 2.45) is 5.92 Å². The van der Waals surface area contributed by atoms with E-state index in [-0.39, 0.29) is 25.0 Å². The molecule has 6 heteroatoms. The van der Waals surface area contributed by atoms with Gasteiger partial charge in [-0.25, -0.2) is 0 Å². The van der Waals surface area contributed by atoms with Crippen LogP contribution in [0.25, 0.3) is 0 Å². The molecule has 1 fully saturated rings. The molecule has 0 radical (unpaired) electrons. The Morgan fingerprint density at radius 2 is 1.70 bits per heavy atom. The van der Waals surface area contributed by atoms with Gasteiger partial charge in [-0.1, -0.05) is 52.8 Å². The van der Waals surface area contributed by atoms with Crippen LogP contribution in [0.3, 0.4) is 0 Å². The highest BCUT2D eigenvalue weighted by molar-refractivity contribution is 7.31. The van der Waals surface area contributed by atoms with Crippen molar-refractivity contribution in [3.05, 3.63) is 23.8 Å². The lowest BCUT2D eigenvalue weighted by molar-refractivity contribution is 0.180. The summed E-state index contributed by atoms with van der Waals surface area (Å²) in [6, 6.07) is 0. The lowest BCUT2D eigenvalue weighted by Crippen LogP contribution is -2.46. The second-order valence-electron chi connectivity index (χ2n) is 10.9. The van der Waals surface area contributed by atoms with Gasteiger partial charge in [0.1, 0.15) is 0 Å². The molecule has 0 bridgehead atoms. The molecular formula is C21H43O3PSi2. The van der Waals surface area contributed by atoms with E-state index in [1.54, 1.807) is 0 Å². The van der Waals surface area contributed by atoms with Gasteiger partial charge in [0.25, 0.3) is 0 Å². The van der Waals surface area contributed by atoms with E-state index >= 15 is 0 Å². The van der Waals surface area contributed by atoms with Crippen LogP contribution in [-0.2, 0) is 4.43 Å². The summed E-state index contributed by atoms with van der Waals surface area (Å²) in [6.07, 6.45) is 5.80. The van der Waals surface area contributed by atoms with Gasteiger partial charge in [0.15, 0.2) is 16.6 Å². The van der Waals surface area contributed by atoms with Crippen LogP contribution >= 0.6 is 8.81 Å². The summed E-state index contributed by atoms with van der Waals surface area (Å²) in [7, 11) is -4.21. The molecule has 0 amide bonds. The maximum absolute atomic E-state index is 10.8. The van der Waals surface area contributed by atoms with Gasteiger partial charge in [-0.3, -0.25) is 0 Å². The summed E-state index contributed by atoms with van der Waals surface area (Å²) in [5.74, 6) is 0.329. The summed E-state index contributed by atoms with van der Waals surface area (Å²) in [6.45, 7) is 24.4. The van der Waals surface area contributed by atoms with Crippen LogP contribution in [0.4, 0.5) is 0 Å². The summed E-state index contributed by atoms with van der Waals surface area (Å²) < 4.78 is 6.78. The zero-order chi connectivity index (χ0) is 21.3. The van der Waals surface area contributed by atoms with Crippen LogP contribution in [0.5, 0.6) is 0 Å². The molecule has 0 aromatic rings. The molecule has 0 aliphatic heterocycles. The van der Waals surface area contributed by atoms with E-state index in [2.05, 4.69) is 60.4 Å². The van der Waals surface area contributed by atoms with Crippen molar-refractivity contribution in [1.82, 2.24) is 0 Å². The van der Waals surface area contributed by atoms with E-state index in [1.807, 2.05) is 13.1 Å². The zero-order valence-corrected chi connectivity index (χ0v) is 22.1. The average Bonchev–Trinajstić information content (AvgIpc) is 2.46. The Hall–Kier alpha value is 0.224. The Morgan fingerprint density at radius 1 is 1.15 bits per heavy atom. The van der Waals surface area contributed by atoms with E-state index in [0.29, 0.717) is 5.92 Å². The summed E-state index contributed by atoms with van der Waals surface area (Å²) in [4.78, 5) is 20.0. The molecule has 0 aromatic heterocycles. The molecule has 1 rings (SSSR count). The Morgan fingerprint density at radius 3 is 2.15 bits per heavy atom. The monoisotopic (exact) mass is 430 g/mol. The van der Waals surface area contributed by atoms with Crippen LogP contribution in [0.15, 0.2) is 23.8 Å². The summed E-state index contributed by atoms with van der Waals surface area (Å²) in [5, 5.41) is 0.0825. The molecule has 3 nitrogen and oxygen atoms in total. The first-order valence-electron chi connectivity index (χ1n) is 10.2. The first-order chi connectivity index (χ1) is 12.0. The van der Waals surface area contributed by atoms with Crippen LogP contribution in [-0.4, -0.2) is 38.6 Å². The van der Waals surface area contributed by atoms with E-state index in [9.17, 15) is 9.69 Å². The smallest absolute Gasteiger partial charge is 0.192 e. The fourth-order valence-electron chi connectivity index (χ4n) is 3.24. The molecule has 0 heterocycles. The maximum Gasteiger partial charge on any atom is 0.192 e. The molecule has 0 aromatic carbocycles. The molecule has 3 atom stereocenters. The molecule has 1 unspecified atom stereocenters. The highest BCUT2D eigenvalue weighted by Crippen LogP contribution is 2.49. The van der Waals surface area contributed by atoms with E-state index in [1.165, 1.54) is 11.1 Å². The van der Waals surface area contributed by atoms with Crippen molar-refractivity contribution >= 4 is 25.4 Å². The van der Waals surface area contributed by atoms with Crippen molar-refractivity contribution < 1.29 is 14.1 Å². The highest BCUT2D eigenvalue weighted by Gasteiger charge is 2.44.